The highest BCUT2D eigenvalue weighted by atomic mass is 35.5. The van der Waals surface area contributed by atoms with Gasteiger partial charge in [-0.15, -0.1) is 11.6 Å². The second-order valence-corrected chi connectivity index (χ2v) is 4.94. The van der Waals surface area contributed by atoms with Gasteiger partial charge in [-0.1, -0.05) is 6.92 Å². The number of rotatable bonds is 8. The first-order chi connectivity index (χ1) is 6.70. The van der Waals surface area contributed by atoms with Gasteiger partial charge in [-0.2, -0.15) is 11.8 Å². The van der Waals surface area contributed by atoms with Crippen molar-refractivity contribution < 1.29 is 9.53 Å². The Morgan fingerprint density at radius 3 is 2.71 bits per heavy atom. The Balaban J connectivity index is 3.33. The normalized spacial score (nSPS) is 12.5. The number of ether oxygens (including phenoxy) is 1. The van der Waals surface area contributed by atoms with Crippen LogP contribution in [0.4, 0.5) is 0 Å². The average Bonchev–Trinajstić information content (AvgIpc) is 2.16. The van der Waals surface area contributed by atoms with Crippen molar-refractivity contribution in [3.05, 3.63) is 0 Å². The third-order valence-corrected chi connectivity index (χ3v) is 3.12. The standard InChI is InChI=1S/C10H19ClO2S/c1-3-13-10(12)6-5-9(11)7-8-14-4-2/h9H,3-8H2,1-2H3. The molecule has 0 saturated carbocycles. The Hall–Kier alpha value is 0.110. The Morgan fingerprint density at radius 2 is 2.14 bits per heavy atom. The lowest BCUT2D eigenvalue weighted by Gasteiger charge is -2.07. The van der Waals surface area contributed by atoms with Gasteiger partial charge >= 0.3 is 5.97 Å². The molecule has 84 valence electrons. The predicted molar refractivity (Wildman–Crippen MR) is 63.1 cm³/mol. The molecule has 14 heavy (non-hydrogen) atoms. The van der Waals surface area contributed by atoms with Crippen molar-refractivity contribution in [1.82, 2.24) is 0 Å². The van der Waals surface area contributed by atoms with Gasteiger partial charge in [-0.25, -0.2) is 0 Å². The van der Waals surface area contributed by atoms with Crippen LogP contribution >= 0.6 is 23.4 Å². The molecule has 0 rings (SSSR count). The summed E-state index contributed by atoms with van der Waals surface area (Å²) in [6, 6.07) is 0. The molecule has 0 spiro atoms. The quantitative estimate of drug-likeness (QED) is 0.369. The van der Waals surface area contributed by atoms with Gasteiger partial charge in [-0.3, -0.25) is 4.79 Å². The molecule has 0 fully saturated rings. The lowest BCUT2D eigenvalue weighted by atomic mass is 10.2. The van der Waals surface area contributed by atoms with Gasteiger partial charge in [-0.05, 0) is 31.3 Å². The van der Waals surface area contributed by atoms with Crippen LogP contribution in [0.5, 0.6) is 0 Å². The summed E-state index contributed by atoms with van der Waals surface area (Å²) in [4.78, 5) is 11.0. The Bertz CT molecular complexity index is 153. The van der Waals surface area contributed by atoms with E-state index < -0.39 is 0 Å². The number of hydrogen-bond donors (Lipinski definition) is 0. The van der Waals surface area contributed by atoms with E-state index in [9.17, 15) is 4.79 Å². The maximum absolute atomic E-state index is 11.0. The maximum atomic E-state index is 11.0. The van der Waals surface area contributed by atoms with E-state index in [0.717, 1.165) is 24.3 Å². The van der Waals surface area contributed by atoms with E-state index in [4.69, 9.17) is 16.3 Å². The molecule has 2 nitrogen and oxygen atoms in total. The SMILES string of the molecule is CCOC(=O)CCC(Cl)CCSCC. The van der Waals surface area contributed by atoms with Gasteiger partial charge in [0.25, 0.3) is 0 Å². The van der Waals surface area contributed by atoms with Gasteiger partial charge < -0.3 is 4.74 Å². The highest BCUT2D eigenvalue weighted by molar-refractivity contribution is 7.99. The fraction of sp³-hybridized carbons (Fsp3) is 0.900. The van der Waals surface area contributed by atoms with Crippen molar-refractivity contribution in [2.75, 3.05) is 18.1 Å². The topological polar surface area (TPSA) is 26.3 Å². The summed E-state index contributed by atoms with van der Waals surface area (Å²) >= 11 is 7.92. The molecule has 0 amide bonds. The summed E-state index contributed by atoms with van der Waals surface area (Å²) in [6.07, 6.45) is 2.14. The van der Waals surface area contributed by atoms with Crippen LogP contribution in [0.15, 0.2) is 0 Å². The first-order valence-corrected chi connectivity index (χ1v) is 6.67. The third-order valence-electron chi connectivity index (χ3n) is 1.75. The van der Waals surface area contributed by atoms with Crippen molar-refractivity contribution in [2.24, 2.45) is 0 Å². The van der Waals surface area contributed by atoms with Crippen LogP contribution < -0.4 is 0 Å². The number of carbonyl (C=O) groups is 1. The highest BCUT2D eigenvalue weighted by Gasteiger charge is 2.08. The number of carbonyl (C=O) groups excluding carboxylic acids is 1. The van der Waals surface area contributed by atoms with Gasteiger partial charge in [0.05, 0.1) is 6.61 Å². The molecular formula is C10H19ClO2S. The number of hydrogen-bond acceptors (Lipinski definition) is 3. The zero-order valence-electron chi connectivity index (χ0n) is 8.92. The summed E-state index contributed by atoms with van der Waals surface area (Å²) in [6.45, 7) is 4.40. The largest absolute Gasteiger partial charge is 0.466 e. The van der Waals surface area contributed by atoms with Gasteiger partial charge in [0.15, 0.2) is 0 Å². The summed E-state index contributed by atoms with van der Waals surface area (Å²) < 4.78 is 4.82. The van der Waals surface area contributed by atoms with Crippen molar-refractivity contribution in [3.8, 4) is 0 Å². The van der Waals surface area contributed by atoms with Crippen molar-refractivity contribution >= 4 is 29.3 Å². The second-order valence-electron chi connectivity index (χ2n) is 2.93. The van der Waals surface area contributed by atoms with Crippen LogP contribution in [0.3, 0.4) is 0 Å². The fourth-order valence-corrected chi connectivity index (χ4v) is 2.09. The lowest BCUT2D eigenvalue weighted by molar-refractivity contribution is -0.143. The zero-order chi connectivity index (χ0) is 10.8. The monoisotopic (exact) mass is 238 g/mol. The minimum absolute atomic E-state index is 0.110. The van der Waals surface area contributed by atoms with Crippen LogP contribution in [-0.2, 0) is 9.53 Å². The third kappa shape index (κ3) is 8.70. The number of esters is 1. The number of halogens is 1. The smallest absolute Gasteiger partial charge is 0.305 e. The first-order valence-electron chi connectivity index (χ1n) is 5.08. The number of thioether (sulfide) groups is 1. The van der Waals surface area contributed by atoms with Gasteiger partial charge in [0.2, 0.25) is 0 Å². The minimum Gasteiger partial charge on any atom is -0.466 e. The lowest BCUT2D eigenvalue weighted by Crippen LogP contribution is -2.08. The van der Waals surface area contributed by atoms with Gasteiger partial charge in [0.1, 0.15) is 0 Å². The molecule has 1 unspecified atom stereocenters. The molecule has 0 aromatic heterocycles. The van der Waals surface area contributed by atoms with E-state index in [-0.39, 0.29) is 11.3 Å². The maximum Gasteiger partial charge on any atom is 0.305 e. The van der Waals surface area contributed by atoms with E-state index in [1.165, 1.54) is 0 Å². The molecule has 0 aliphatic heterocycles. The Morgan fingerprint density at radius 1 is 1.43 bits per heavy atom. The summed E-state index contributed by atoms with van der Waals surface area (Å²) in [7, 11) is 0. The molecule has 0 heterocycles. The molecule has 0 N–H and O–H groups in total. The number of alkyl halides is 1. The van der Waals surface area contributed by atoms with Crippen molar-refractivity contribution in [2.45, 2.75) is 38.5 Å². The molecule has 0 saturated heterocycles. The molecule has 0 aromatic carbocycles. The molecule has 0 aliphatic rings. The second kappa shape index (κ2) is 9.66. The molecule has 0 radical (unpaired) electrons. The van der Waals surface area contributed by atoms with Crippen molar-refractivity contribution in [1.29, 1.82) is 0 Å². The van der Waals surface area contributed by atoms with E-state index in [2.05, 4.69) is 6.92 Å². The zero-order valence-corrected chi connectivity index (χ0v) is 10.5. The molecule has 4 heteroatoms. The Labute approximate surface area is 95.7 Å². The highest BCUT2D eigenvalue weighted by Crippen LogP contribution is 2.14. The van der Waals surface area contributed by atoms with Gasteiger partial charge in [0, 0.05) is 11.8 Å². The van der Waals surface area contributed by atoms with Crippen molar-refractivity contribution in [3.63, 3.8) is 0 Å². The Kier molecular flexibility index (Phi) is 9.73. The molecule has 0 aromatic rings. The molecule has 1 atom stereocenters. The molecular weight excluding hydrogens is 220 g/mol. The van der Waals surface area contributed by atoms with Crippen LogP contribution in [0, 0.1) is 0 Å². The van der Waals surface area contributed by atoms with Crippen LogP contribution in [0.1, 0.15) is 33.1 Å². The van der Waals surface area contributed by atoms with Crippen LogP contribution in [-0.4, -0.2) is 29.5 Å². The van der Waals surface area contributed by atoms with E-state index in [1.54, 1.807) is 0 Å². The minimum atomic E-state index is -0.138. The molecule has 0 bridgehead atoms. The predicted octanol–water partition coefficient (Wildman–Crippen LogP) is 3.08. The van der Waals surface area contributed by atoms with E-state index in [1.807, 2.05) is 18.7 Å². The van der Waals surface area contributed by atoms with E-state index in [0.29, 0.717) is 13.0 Å². The summed E-state index contributed by atoms with van der Waals surface area (Å²) in [5, 5.41) is 0.110. The summed E-state index contributed by atoms with van der Waals surface area (Å²) in [5.74, 6) is 2.07. The fourth-order valence-electron chi connectivity index (χ4n) is 1.01. The van der Waals surface area contributed by atoms with E-state index >= 15 is 0 Å². The first kappa shape index (κ1) is 14.1. The summed E-state index contributed by atoms with van der Waals surface area (Å²) in [5.41, 5.74) is 0. The molecule has 0 aliphatic carbocycles. The van der Waals surface area contributed by atoms with Crippen LogP contribution in [0.2, 0.25) is 0 Å². The average molecular weight is 239 g/mol. The van der Waals surface area contributed by atoms with Crippen LogP contribution in [0.25, 0.3) is 0 Å².